The Kier molecular flexibility index (Phi) is 3.59. The molecule has 0 radical (unpaired) electrons. The van der Waals surface area contributed by atoms with Crippen LogP contribution < -0.4 is 4.90 Å². The third-order valence-electron chi connectivity index (χ3n) is 3.33. The van der Waals surface area contributed by atoms with Gasteiger partial charge < -0.3 is 4.90 Å². The molecule has 0 spiro atoms. The van der Waals surface area contributed by atoms with Gasteiger partial charge >= 0.3 is 0 Å². The van der Waals surface area contributed by atoms with Gasteiger partial charge in [0.1, 0.15) is 0 Å². The number of carbonyl (C=O) groups is 2. The molecule has 0 fully saturated rings. The third kappa shape index (κ3) is 2.60. The first-order valence-corrected chi connectivity index (χ1v) is 6.92. The zero-order valence-electron chi connectivity index (χ0n) is 11.1. The Bertz CT molecular complexity index is 738. The zero-order valence-corrected chi connectivity index (χ0v) is 11.9. The molecule has 104 valence electrons. The number of Topliss-reactive ketones (excluding diaryl/α,β-unsaturated/α-hetero) is 1. The molecule has 0 aliphatic carbocycles. The first-order chi connectivity index (χ1) is 10.2. The highest BCUT2D eigenvalue weighted by atomic mass is 35.5. The molecule has 1 aliphatic rings. The van der Waals surface area contributed by atoms with Gasteiger partial charge in [-0.25, -0.2) is 0 Å². The number of ketones is 1. The van der Waals surface area contributed by atoms with Crippen LogP contribution in [0.4, 0.5) is 5.69 Å². The number of nitrogens with zero attached hydrogens (tertiary/aromatic N) is 1. The average molecular weight is 298 g/mol. The van der Waals surface area contributed by atoms with Crippen LogP contribution in [0.15, 0.2) is 54.6 Å². The van der Waals surface area contributed by atoms with Gasteiger partial charge in [0.2, 0.25) is 0 Å². The fourth-order valence-electron chi connectivity index (χ4n) is 2.31. The zero-order chi connectivity index (χ0) is 14.8. The van der Waals surface area contributed by atoms with E-state index in [0.717, 1.165) is 5.56 Å². The summed E-state index contributed by atoms with van der Waals surface area (Å²) < 4.78 is 0. The van der Waals surface area contributed by atoms with Gasteiger partial charge in [-0.1, -0.05) is 54.1 Å². The fraction of sp³-hybridized carbons (Fsp3) is 0.0588. The molecule has 0 saturated heterocycles. The van der Waals surface area contributed by atoms with Crippen LogP contribution in [0, 0.1) is 0 Å². The summed E-state index contributed by atoms with van der Waals surface area (Å²) in [5.74, 6) is -0.986. The molecule has 2 aromatic carbocycles. The van der Waals surface area contributed by atoms with E-state index in [1.165, 1.54) is 4.90 Å². The lowest BCUT2D eigenvalue weighted by molar-refractivity contribution is -0.114. The molecule has 0 atom stereocenters. The third-order valence-corrected chi connectivity index (χ3v) is 3.57. The molecule has 4 heteroatoms. The van der Waals surface area contributed by atoms with Gasteiger partial charge in [0, 0.05) is 11.6 Å². The first kappa shape index (κ1) is 13.6. The quantitative estimate of drug-likeness (QED) is 0.812. The van der Waals surface area contributed by atoms with Crippen molar-refractivity contribution in [3.63, 3.8) is 0 Å². The highest BCUT2D eigenvalue weighted by Gasteiger charge is 2.34. The van der Waals surface area contributed by atoms with Crippen molar-refractivity contribution >= 4 is 35.1 Å². The van der Waals surface area contributed by atoms with Gasteiger partial charge in [-0.15, -0.1) is 0 Å². The summed E-state index contributed by atoms with van der Waals surface area (Å²) in [6.07, 6.45) is 3.77. The summed E-state index contributed by atoms with van der Waals surface area (Å²) in [7, 11) is 0. The highest BCUT2D eigenvalue weighted by Crippen LogP contribution is 2.31. The van der Waals surface area contributed by atoms with Crippen LogP contribution >= 0.6 is 11.6 Å². The second-order valence-electron chi connectivity index (χ2n) is 4.72. The van der Waals surface area contributed by atoms with Crippen LogP contribution in [0.1, 0.15) is 15.9 Å². The highest BCUT2D eigenvalue weighted by molar-refractivity contribution is 6.52. The van der Waals surface area contributed by atoms with Gasteiger partial charge in [0.25, 0.3) is 11.7 Å². The Hall–Kier alpha value is -2.39. The first-order valence-electron chi connectivity index (χ1n) is 6.54. The van der Waals surface area contributed by atoms with Crippen LogP contribution in [0.5, 0.6) is 0 Å². The number of carbonyl (C=O) groups excluding carboxylic acids is 2. The predicted octanol–water partition coefficient (Wildman–Crippen LogP) is 3.58. The second-order valence-corrected chi connectivity index (χ2v) is 5.16. The Labute approximate surface area is 127 Å². The number of amides is 1. The van der Waals surface area contributed by atoms with Crippen molar-refractivity contribution in [1.82, 2.24) is 0 Å². The van der Waals surface area contributed by atoms with E-state index >= 15 is 0 Å². The number of benzene rings is 2. The Morgan fingerprint density at radius 1 is 1.05 bits per heavy atom. The molecule has 0 saturated carbocycles. The predicted molar refractivity (Wildman–Crippen MR) is 83.6 cm³/mol. The molecular formula is C17H12ClNO2. The lowest BCUT2D eigenvalue weighted by atomic mass is 10.1. The summed E-state index contributed by atoms with van der Waals surface area (Å²) >= 11 is 5.95. The maximum Gasteiger partial charge on any atom is 0.299 e. The summed E-state index contributed by atoms with van der Waals surface area (Å²) in [6.45, 7) is 0.340. The lowest BCUT2D eigenvalue weighted by Gasteiger charge is -2.14. The molecule has 1 amide bonds. The van der Waals surface area contributed by atoms with Crippen molar-refractivity contribution in [2.24, 2.45) is 0 Å². The van der Waals surface area contributed by atoms with E-state index in [9.17, 15) is 9.59 Å². The maximum atomic E-state index is 12.0. The molecule has 1 heterocycles. The van der Waals surface area contributed by atoms with E-state index < -0.39 is 11.7 Å². The summed E-state index contributed by atoms with van der Waals surface area (Å²) in [5.41, 5.74) is 2.04. The van der Waals surface area contributed by atoms with Gasteiger partial charge in [0.05, 0.1) is 11.3 Å². The van der Waals surface area contributed by atoms with Gasteiger partial charge in [-0.05, 0) is 23.8 Å². The molecular weight excluding hydrogens is 286 g/mol. The van der Waals surface area contributed by atoms with Crippen LogP contribution in [0.25, 0.3) is 6.08 Å². The number of hydrogen-bond acceptors (Lipinski definition) is 2. The summed E-state index contributed by atoms with van der Waals surface area (Å²) in [4.78, 5) is 25.4. The van der Waals surface area contributed by atoms with E-state index in [-0.39, 0.29) is 0 Å². The summed E-state index contributed by atoms with van der Waals surface area (Å²) in [5, 5.41) is 0.508. The number of fused-ring (bicyclic) bond motifs is 1. The second kappa shape index (κ2) is 5.54. The van der Waals surface area contributed by atoms with Crippen molar-refractivity contribution in [2.75, 3.05) is 11.4 Å². The van der Waals surface area contributed by atoms with Gasteiger partial charge in [-0.2, -0.15) is 0 Å². The fourth-order valence-corrected chi connectivity index (χ4v) is 2.47. The summed E-state index contributed by atoms with van der Waals surface area (Å²) in [6, 6.07) is 14.6. The molecule has 0 N–H and O–H groups in total. The number of halogens is 1. The Morgan fingerprint density at radius 3 is 2.57 bits per heavy atom. The molecule has 0 aromatic heterocycles. The topological polar surface area (TPSA) is 37.4 Å². The van der Waals surface area contributed by atoms with Crippen molar-refractivity contribution in [3.05, 3.63) is 70.8 Å². The lowest BCUT2D eigenvalue weighted by Crippen LogP contribution is -2.29. The molecule has 21 heavy (non-hydrogen) atoms. The monoisotopic (exact) mass is 297 g/mol. The van der Waals surface area contributed by atoms with E-state index in [0.29, 0.717) is 22.8 Å². The SMILES string of the molecule is O=C1C(=O)N(C/C=C/c2ccccc2)c2cc(Cl)ccc21. The van der Waals surface area contributed by atoms with Crippen molar-refractivity contribution < 1.29 is 9.59 Å². The van der Waals surface area contributed by atoms with Crippen molar-refractivity contribution in [1.29, 1.82) is 0 Å². The van der Waals surface area contributed by atoms with Crippen LogP contribution in [0.3, 0.4) is 0 Å². The minimum Gasteiger partial charge on any atom is -0.301 e. The van der Waals surface area contributed by atoms with Gasteiger partial charge in [-0.3, -0.25) is 9.59 Å². The van der Waals surface area contributed by atoms with Crippen LogP contribution in [-0.2, 0) is 4.79 Å². The molecule has 0 bridgehead atoms. The minimum atomic E-state index is -0.509. The van der Waals surface area contributed by atoms with Crippen LogP contribution in [0.2, 0.25) is 5.02 Å². The molecule has 3 nitrogen and oxygen atoms in total. The molecule has 0 unspecified atom stereocenters. The smallest absolute Gasteiger partial charge is 0.299 e. The molecule has 3 rings (SSSR count). The Morgan fingerprint density at radius 2 is 1.81 bits per heavy atom. The minimum absolute atomic E-state index is 0.340. The van der Waals surface area contributed by atoms with Crippen molar-refractivity contribution in [3.8, 4) is 0 Å². The van der Waals surface area contributed by atoms with Crippen molar-refractivity contribution in [2.45, 2.75) is 0 Å². The number of hydrogen-bond donors (Lipinski definition) is 0. The number of rotatable bonds is 3. The largest absolute Gasteiger partial charge is 0.301 e. The van der Waals surface area contributed by atoms with Gasteiger partial charge in [0.15, 0.2) is 0 Å². The van der Waals surface area contributed by atoms with E-state index in [4.69, 9.17) is 11.6 Å². The van der Waals surface area contributed by atoms with E-state index in [1.807, 2.05) is 42.5 Å². The standard InChI is InChI=1S/C17H12ClNO2/c18-13-8-9-14-15(11-13)19(17(21)16(14)20)10-4-7-12-5-2-1-3-6-12/h1-9,11H,10H2/b7-4+. The van der Waals surface area contributed by atoms with E-state index in [2.05, 4.69) is 0 Å². The Balaban J connectivity index is 1.83. The molecule has 1 aliphatic heterocycles. The number of anilines is 1. The van der Waals surface area contributed by atoms with E-state index in [1.54, 1.807) is 18.2 Å². The maximum absolute atomic E-state index is 12.0. The average Bonchev–Trinajstić information content (AvgIpc) is 2.73. The van der Waals surface area contributed by atoms with Crippen LogP contribution in [-0.4, -0.2) is 18.2 Å². The normalized spacial score (nSPS) is 14.0. The molecule has 2 aromatic rings.